The number of aryl methyl sites for hydroxylation is 1. The van der Waals surface area contributed by atoms with Gasteiger partial charge in [-0.15, -0.1) is 0 Å². The summed E-state index contributed by atoms with van der Waals surface area (Å²) in [5.74, 6) is 0. The van der Waals surface area contributed by atoms with Crippen molar-refractivity contribution >= 4 is 0 Å². The zero-order valence-corrected chi connectivity index (χ0v) is 11.9. The van der Waals surface area contributed by atoms with Crippen molar-refractivity contribution in [1.29, 1.82) is 0 Å². The van der Waals surface area contributed by atoms with E-state index in [9.17, 15) is 5.11 Å². The van der Waals surface area contributed by atoms with Gasteiger partial charge in [0.1, 0.15) is 0 Å². The van der Waals surface area contributed by atoms with E-state index in [1.807, 2.05) is 6.92 Å². The second kappa shape index (κ2) is 8.28. The van der Waals surface area contributed by atoms with Crippen LogP contribution >= 0.6 is 0 Å². The van der Waals surface area contributed by atoms with Crippen LogP contribution in [0, 0.1) is 0 Å². The summed E-state index contributed by atoms with van der Waals surface area (Å²) in [7, 11) is 0. The molecule has 2 atom stereocenters. The molecule has 102 valence electrons. The van der Waals surface area contributed by atoms with Crippen molar-refractivity contribution in [3.8, 4) is 0 Å². The molecule has 1 aromatic rings. The lowest BCUT2D eigenvalue weighted by atomic mass is 10.0. The standard InChI is InChI=1S/C16H27NO/c1-4-14-8-10-15(11-9-14)16(5-2)17-12-6-7-13(3)18/h8-11,13,16-18H,4-7,12H2,1-3H3. The van der Waals surface area contributed by atoms with Crippen LogP contribution in [-0.4, -0.2) is 17.8 Å². The van der Waals surface area contributed by atoms with Crippen molar-refractivity contribution in [2.45, 2.75) is 58.6 Å². The highest BCUT2D eigenvalue weighted by atomic mass is 16.3. The van der Waals surface area contributed by atoms with Gasteiger partial charge in [0, 0.05) is 6.04 Å². The second-order valence-corrected chi connectivity index (χ2v) is 5.00. The molecule has 0 aliphatic carbocycles. The number of hydrogen-bond donors (Lipinski definition) is 2. The Labute approximate surface area is 111 Å². The summed E-state index contributed by atoms with van der Waals surface area (Å²) in [6.07, 6.45) is 3.91. The van der Waals surface area contributed by atoms with E-state index >= 15 is 0 Å². The number of rotatable bonds is 8. The molecule has 0 aromatic heterocycles. The van der Waals surface area contributed by atoms with Crippen molar-refractivity contribution in [2.24, 2.45) is 0 Å². The molecule has 0 amide bonds. The third-order valence-corrected chi connectivity index (χ3v) is 3.39. The van der Waals surface area contributed by atoms with Gasteiger partial charge in [-0.25, -0.2) is 0 Å². The van der Waals surface area contributed by atoms with E-state index in [-0.39, 0.29) is 6.10 Å². The Hall–Kier alpha value is -0.860. The normalized spacial score (nSPS) is 14.4. The molecule has 0 saturated heterocycles. The van der Waals surface area contributed by atoms with Crippen molar-refractivity contribution in [1.82, 2.24) is 5.32 Å². The van der Waals surface area contributed by atoms with Gasteiger partial charge in [-0.2, -0.15) is 0 Å². The minimum Gasteiger partial charge on any atom is -0.393 e. The summed E-state index contributed by atoms with van der Waals surface area (Å²) in [5.41, 5.74) is 2.76. The lowest BCUT2D eigenvalue weighted by Crippen LogP contribution is -2.22. The van der Waals surface area contributed by atoms with E-state index in [1.165, 1.54) is 11.1 Å². The Morgan fingerprint density at radius 1 is 1.17 bits per heavy atom. The fraction of sp³-hybridized carbons (Fsp3) is 0.625. The predicted octanol–water partition coefficient (Wildman–Crippen LogP) is 3.45. The average Bonchev–Trinajstić information content (AvgIpc) is 2.39. The van der Waals surface area contributed by atoms with E-state index in [4.69, 9.17) is 0 Å². The Bertz CT molecular complexity index is 318. The van der Waals surface area contributed by atoms with Crippen LogP contribution in [0.2, 0.25) is 0 Å². The third kappa shape index (κ3) is 5.19. The topological polar surface area (TPSA) is 32.3 Å². The van der Waals surface area contributed by atoms with E-state index in [2.05, 4.69) is 43.4 Å². The molecule has 0 spiro atoms. The number of nitrogens with one attached hydrogen (secondary N) is 1. The third-order valence-electron chi connectivity index (χ3n) is 3.39. The Kier molecular flexibility index (Phi) is 6.99. The SMILES string of the molecule is CCc1ccc(C(CC)NCCCC(C)O)cc1. The minimum atomic E-state index is -0.185. The summed E-state index contributed by atoms with van der Waals surface area (Å²) >= 11 is 0. The maximum Gasteiger partial charge on any atom is 0.0512 e. The first-order valence-electron chi connectivity index (χ1n) is 7.17. The van der Waals surface area contributed by atoms with Crippen LogP contribution in [0.5, 0.6) is 0 Å². The quantitative estimate of drug-likeness (QED) is 0.692. The van der Waals surface area contributed by atoms with E-state index in [0.717, 1.165) is 32.2 Å². The largest absolute Gasteiger partial charge is 0.393 e. The van der Waals surface area contributed by atoms with Gasteiger partial charge in [0.05, 0.1) is 6.10 Å². The Morgan fingerprint density at radius 2 is 1.83 bits per heavy atom. The highest BCUT2D eigenvalue weighted by molar-refractivity contribution is 5.24. The molecule has 0 saturated carbocycles. The van der Waals surface area contributed by atoms with E-state index < -0.39 is 0 Å². The highest BCUT2D eigenvalue weighted by Gasteiger charge is 2.08. The second-order valence-electron chi connectivity index (χ2n) is 5.00. The Balaban J connectivity index is 2.44. The van der Waals surface area contributed by atoms with Crippen LogP contribution in [0.3, 0.4) is 0 Å². The van der Waals surface area contributed by atoms with Gasteiger partial charge in [-0.05, 0) is 50.3 Å². The zero-order chi connectivity index (χ0) is 13.4. The van der Waals surface area contributed by atoms with Gasteiger partial charge < -0.3 is 10.4 Å². The van der Waals surface area contributed by atoms with Gasteiger partial charge in [0.25, 0.3) is 0 Å². The smallest absolute Gasteiger partial charge is 0.0512 e. The predicted molar refractivity (Wildman–Crippen MR) is 77.8 cm³/mol. The summed E-state index contributed by atoms with van der Waals surface area (Å²) in [6.45, 7) is 7.21. The molecule has 0 aliphatic rings. The van der Waals surface area contributed by atoms with Crippen molar-refractivity contribution in [3.05, 3.63) is 35.4 Å². The first-order chi connectivity index (χ1) is 8.67. The van der Waals surface area contributed by atoms with Gasteiger partial charge in [-0.3, -0.25) is 0 Å². The first-order valence-corrected chi connectivity index (χ1v) is 7.17. The summed E-state index contributed by atoms with van der Waals surface area (Å²) in [4.78, 5) is 0. The van der Waals surface area contributed by atoms with Gasteiger partial charge in [0.2, 0.25) is 0 Å². The van der Waals surface area contributed by atoms with Crippen LogP contribution in [0.1, 0.15) is 57.2 Å². The van der Waals surface area contributed by atoms with Crippen molar-refractivity contribution < 1.29 is 5.11 Å². The van der Waals surface area contributed by atoms with Crippen LogP contribution in [-0.2, 0) is 6.42 Å². The van der Waals surface area contributed by atoms with Gasteiger partial charge >= 0.3 is 0 Å². The minimum absolute atomic E-state index is 0.185. The lowest BCUT2D eigenvalue weighted by molar-refractivity contribution is 0.181. The Morgan fingerprint density at radius 3 is 2.33 bits per heavy atom. The molecule has 0 aliphatic heterocycles. The number of benzene rings is 1. The highest BCUT2D eigenvalue weighted by Crippen LogP contribution is 2.17. The molecule has 0 radical (unpaired) electrons. The molecule has 1 rings (SSSR count). The maximum atomic E-state index is 9.22. The molecule has 0 fully saturated rings. The number of aliphatic hydroxyl groups is 1. The number of aliphatic hydroxyl groups excluding tert-OH is 1. The molecule has 2 heteroatoms. The monoisotopic (exact) mass is 249 g/mol. The maximum absolute atomic E-state index is 9.22. The molecular weight excluding hydrogens is 222 g/mol. The molecule has 2 unspecified atom stereocenters. The van der Waals surface area contributed by atoms with Crippen LogP contribution in [0.15, 0.2) is 24.3 Å². The zero-order valence-electron chi connectivity index (χ0n) is 11.9. The van der Waals surface area contributed by atoms with E-state index in [1.54, 1.807) is 0 Å². The van der Waals surface area contributed by atoms with Gasteiger partial charge in [0.15, 0.2) is 0 Å². The van der Waals surface area contributed by atoms with E-state index in [0.29, 0.717) is 6.04 Å². The average molecular weight is 249 g/mol. The fourth-order valence-electron chi connectivity index (χ4n) is 2.16. The van der Waals surface area contributed by atoms with Crippen LogP contribution in [0.4, 0.5) is 0 Å². The molecule has 2 N–H and O–H groups in total. The van der Waals surface area contributed by atoms with Gasteiger partial charge in [-0.1, -0.05) is 38.1 Å². The van der Waals surface area contributed by atoms with Crippen LogP contribution < -0.4 is 5.32 Å². The molecule has 18 heavy (non-hydrogen) atoms. The van der Waals surface area contributed by atoms with Crippen molar-refractivity contribution in [2.75, 3.05) is 6.54 Å². The first kappa shape index (κ1) is 15.2. The summed E-state index contributed by atoms with van der Waals surface area (Å²) < 4.78 is 0. The summed E-state index contributed by atoms with van der Waals surface area (Å²) in [5, 5.41) is 12.8. The molecule has 1 aromatic carbocycles. The fourth-order valence-corrected chi connectivity index (χ4v) is 2.16. The van der Waals surface area contributed by atoms with Crippen LogP contribution in [0.25, 0.3) is 0 Å². The molecule has 0 bridgehead atoms. The lowest BCUT2D eigenvalue weighted by Gasteiger charge is -2.18. The molecule has 0 heterocycles. The van der Waals surface area contributed by atoms with Crippen molar-refractivity contribution in [3.63, 3.8) is 0 Å². The number of hydrogen-bond acceptors (Lipinski definition) is 2. The summed E-state index contributed by atoms with van der Waals surface area (Å²) in [6, 6.07) is 9.33. The molecule has 2 nitrogen and oxygen atoms in total. The molecular formula is C16H27NO.